The monoisotopic (exact) mass is 404 g/mol. The standard InChI is InChI=1S/C21H19F3N2O3/c22-21(23,24)17(15-6-2-1-3-7-15)14-19(27)25-18-9-5-4-8-16(18)20(28)26-10-12-29-13-11-26/h1-9,14H,10-13H2,(H,25,27)/b17-14+. The van der Waals surface area contributed by atoms with Gasteiger partial charge >= 0.3 is 6.18 Å². The molecule has 152 valence electrons. The van der Waals surface area contributed by atoms with Crippen molar-refractivity contribution in [2.45, 2.75) is 6.18 Å². The van der Waals surface area contributed by atoms with E-state index >= 15 is 0 Å². The maximum Gasteiger partial charge on any atom is 0.417 e. The van der Waals surface area contributed by atoms with Crippen LogP contribution < -0.4 is 5.32 Å². The molecule has 0 saturated carbocycles. The number of halogens is 3. The average molecular weight is 404 g/mol. The second kappa shape index (κ2) is 8.91. The van der Waals surface area contributed by atoms with Gasteiger partial charge in [-0.3, -0.25) is 9.59 Å². The summed E-state index contributed by atoms with van der Waals surface area (Å²) in [4.78, 5) is 26.7. The van der Waals surface area contributed by atoms with Gasteiger partial charge in [-0.25, -0.2) is 0 Å². The Balaban J connectivity index is 1.85. The SMILES string of the molecule is O=C(/C=C(\c1ccccc1)C(F)(F)F)Nc1ccccc1C(=O)N1CCOCC1. The van der Waals surface area contributed by atoms with Crippen LogP contribution >= 0.6 is 0 Å². The van der Waals surface area contributed by atoms with Crippen molar-refractivity contribution in [2.24, 2.45) is 0 Å². The minimum atomic E-state index is -4.71. The Hall–Kier alpha value is -3.13. The summed E-state index contributed by atoms with van der Waals surface area (Å²) in [6.07, 6.45) is -4.20. The summed E-state index contributed by atoms with van der Waals surface area (Å²) in [5.74, 6) is -1.28. The topological polar surface area (TPSA) is 58.6 Å². The van der Waals surface area contributed by atoms with E-state index in [9.17, 15) is 22.8 Å². The number of carbonyl (C=O) groups is 2. The van der Waals surface area contributed by atoms with Crippen molar-refractivity contribution in [3.63, 3.8) is 0 Å². The van der Waals surface area contributed by atoms with Crippen LogP contribution in [0, 0.1) is 0 Å². The molecule has 1 N–H and O–H groups in total. The first-order valence-corrected chi connectivity index (χ1v) is 8.97. The number of benzene rings is 2. The van der Waals surface area contributed by atoms with Gasteiger partial charge in [-0.2, -0.15) is 13.2 Å². The molecule has 0 atom stereocenters. The number of ether oxygens (including phenoxy) is 1. The Morgan fingerprint density at radius 3 is 2.24 bits per heavy atom. The normalized spacial score (nSPS) is 15.1. The minimum Gasteiger partial charge on any atom is -0.378 e. The van der Waals surface area contributed by atoms with Crippen LogP contribution in [0.15, 0.2) is 60.7 Å². The van der Waals surface area contributed by atoms with E-state index in [0.29, 0.717) is 32.4 Å². The number of alkyl halides is 3. The van der Waals surface area contributed by atoms with Gasteiger partial charge in [0.25, 0.3) is 5.91 Å². The molecule has 0 aromatic heterocycles. The van der Waals surface area contributed by atoms with Gasteiger partial charge < -0.3 is 15.0 Å². The zero-order valence-corrected chi connectivity index (χ0v) is 15.4. The van der Waals surface area contributed by atoms with Gasteiger partial charge in [0.1, 0.15) is 0 Å². The van der Waals surface area contributed by atoms with Gasteiger partial charge in [-0.1, -0.05) is 42.5 Å². The third-order valence-electron chi connectivity index (χ3n) is 4.38. The second-order valence-electron chi connectivity index (χ2n) is 6.36. The van der Waals surface area contributed by atoms with Crippen molar-refractivity contribution in [1.29, 1.82) is 0 Å². The second-order valence-corrected chi connectivity index (χ2v) is 6.36. The fourth-order valence-corrected chi connectivity index (χ4v) is 2.96. The molecule has 0 bridgehead atoms. The molecular weight excluding hydrogens is 385 g/mol. The van der Waals surface area contributed by atoms with Crippen molar-refractivity contribution in [3.05, 3.63) is 71.8 Å². The van der Waals surface area contributed by atoms with E-state index in [2.05, 4.69) is 5.32 Å². The Labute approximate surface area is 165 Å². The van der Waals surface area contributed by atoms with Crippen molar-refractivity contribution in [1.82, 2.24) is 4.90 Å². The number of rotatable bonds is 4. The molecule has 1 heterocycles. The molecule has 1 fully saturated rings. The predicted molar refractivity (Wildman–Crippen MR) is 102 cm³/mol. The number of hydrogen-bond acceptors (Lipinski definition) is 3. The summed E-state index contributed by atoms with van der Waals surface area (Å²) in [6.45, 7) is 1.64. The van der Waals surface area contributed by atoms with Crippen LogP contribution in [0.2, 0.25) is 0 Å². The molecule has 1 saturated heterocycles. The van der Waals surface area contributed by atoms with E-state index in [1.165, 1.54) is 36.4 Å². The highest BCUT2D eigenvalue weighted by Gasteiger charge is 2.35. The van der Waals surface area contributed by atoms with E-state index in [1.54, 1.807) is 23.1 Å². The number of hydrogen-bond donors (Lipinski definition) is 1. The zero-order valence-electron chi connectivity index (χ0n) is 15.4. The Kier molecular flexibility index (Phi) is 6.33. The zero-order chi connectivity index (χ0) is 20.9. The Bertz CT molecular complexity index is 905. The first kappa shape index (κ1) is 20.6. The van der Waals surface area contributed by atoms with Gasteiger partial charge in [0.15, 0.2) is 0 Å². The highest BCUT2D eigenvalue weighted by molar-refractivity contribution is 6.09. The number of morpholine rings is 1. The summed E-state index contributed by atoms with van der Waals surface area (Å²) < 4.78 is 45.5. The van der Waals surface area contributed by atoms with Crippen LogP contribution in [0.3, 0.4) is 0 Å². The molecule has 8 heteroatoms. The number of carbonyl (C=O) groups excluding carboxylic acids is 2. The first-order valence-electron chi connectivity index (χ1n) is 8.97. The highest BCUT2D eigenvalue weighted by Crippen LogP contribution is 2.33. The largest absolute Gasteiger partial charge is 0.417 e. The minimum absolute atomic E-state index is 0.118. The molecule has 0 unspecified atom stereocenters. The molecule has 3 rings (SSSR count). The molecule has 1 aliphatic rings. The number of anilines is 1. The van der Waals surface area contributed by atoms with Crippen molar-refractivity contribution in [2.75, 3.05) is 31.6 Å². The van der Waals surface area contributed by atoms with Gasteiger partial charge in [0, 0.05) is 19.2 Å². The fourth-order valence-electron chi connectivity index (χ4n) is 2.96. The van der Waals surface area contributed by atoms with Crippen LogP contribution in [-0.4, -0.2) is 49.2 Å². The highest BCUT2D eigenvalue weighted by atomic mass is 19.4. The average Bonchev–Trinajstić information content (AvgIpc) is 2.72. The van der Waals surface area contributed by atoms with Crippen molar-refractivity contribution < 1.29 is 27.5 Å². The number of nitrogens with zero attached hydrogens (tertiary/aromatic N) is 1. The van der Waals surface area contributed by atoms with Gasteiger partial charge in [-0.05, 0) is 17.7 Å². The molecule has 5 nitrogen and oxygen atoms in total. The lowest BCUT2D eigenvalue weighted by molar-refractivity contribution is -0.112. The van der Waals surface area contributed by atoms with Crippen molar-refractivity contribution >= 4 is 23.1 Å². The predicted octanol–water partition coefficient (Wildman–Crippen LogP) is 3.74. The molecule has 0 radical (unpaired) electrons. The van der Waals surface area contributed by atoms with E-state index in [4.69, 9.17) is 4.74 Å². The third-order valence-corrected chi connectivity index (χ3v) is 4.38. The van der Waals surface area contributed by atoms with Gasteiger partial charge in [0.2, 0.25) is 5.91 Å². The molecular formula is C21H19F3N2O3. The van der Waals surface area contributed by atoms with Crippen LogP contribution in [0.4, 0.5) is 18.9 Å². The lowest BCUT2D eigenvalue weighted by Crippen LogP contribution is -2.41. The molecule has 29 heavy (non-hydrogen) atoms. The Morgan fingerprint density at radius 1 is 0.966 bits per heavy atom. The molecule has 2 amide bonds. The summed E-state index contributed by atoms with van der Waals surface area (Å²) in [7, 11) is 0. The third kappa shape index (κ3) is 5.23. The van der Waals surface area contributed by atoms with Crippen LogP contribution in [0.5, 0.6) is 0 Å². The number of amides is 2. The number of nitrogens with one attached hydrogen (secondary N) is 1. The van der Waals surface area contributed by atoms with Crippen LogP contribution in [-0.2, 0) is 9.53 Å². The lowest BCUT2D eigenvalue weighted by atomic mass is 10.0. The van der Waals surface area contributed by atoms with E-state index in [1.807, 2.05) is 0 Å². The maximum absolute atomic E-state index is 13.4. The first-order chi connectivity index (χ1) is 13.9. The summed E-state index contributed by atoms with van der Waals surface area (Å²) >= 11 is 0. The molecule has 0 spiro atoms. The van der Waals surface area contributed by atoms with E-state index in [-0.39, 0.29) is 22.7 Å². The molecule has 0 aliphatic carbocycles. The van der Waals surface area contributed by atoms with Crippen molar-refractivity contribution in [3.8, 4) is 0 Å². The molecule has 2 aromatic rings. The number of allylic oxidation sites excluding steroid dienone is 1. The van der Waals surface area contributed by atoms with Crippen LogP contribution in [0.1, 0.15) is 15.9 Å². The van der Waals surface area contributed by atoms with Gasteiger partial charge in [0.05, 0.1) is 30.0 Å². The summed E-state index contributed by atoms with van der Waals surface area (Å²) in [5, 5.41) is 2.41. The summed E-state index contributed by atoms with van der Waals surface area (Å²) in [5.41, 5.74) is -0.815. The van der Waals surface area contributed by atoms with E-state index in [0.717, 1.165) is 0 Å². The Morgan fingerprint density at radius 2 is 1.59 bits per heavy atom. The van der Waals surface area contributed by atoms with Gasteiger partial charge in [-0.15, -0.1) is 0 Å². The quantitative estimate of drug-likeness (QED) is 0.790. The lowest BCUT2D eigenvalue weighted by Gasteiger charge is -2.27. The molecule has 1 aliphatic heterocycles. The maximum atomic E-state index is 13.4. The fraction of sp³-hybridized carbons (Fsp3) is 0.238. The molecule has 2 aromatic carbocycles. The number of para-hydroxylation sites is 1. The van der Waals surface area contributed by atoms with Crippen LogP contribution in [0.25, 0.3) is 5.57 Å². The smallest absolute Gasteiger partial charge is 0.378 e. The van der Waals surface area contributed by atoms with E-state index < -0.39 is 17.7 Å². The summed E-state index contributed by atoms with van der Waals surface area (Å²) in [6, 6.07) is 13.3.